The van der Waals surface area contributed by atoms with Gasteiger partial charge in [-0.15, -0.1) is 0 Å². The van der Waals surface area contributed by atoms with Gasteiger partial charge in [-0.2, -0.15) is 0 Å². The van der Waals surface area contributed by atoms with Crippen LogP contribution in [0.5, 0.6) is 11.5 Å². The van der Waals surface area contributed by atoms with Gasteiger partial charge in [-0.1, -0.05) is 0 Å². The lowest BCUT2D eigenvalue weighted by Crippen LogP contribution is -2.40. The molecule has 1 heterocycles. The summed E-state index contributed by atoms with van der Waals surface area (Å²) in [7, 11) is 0. The molecule has 2 aromatic rings. The van der Waals surface area contributed by atoms with Gasteiger partial charge in [0.15, 0.2) is 6.61 Å². The van der Waals surface area contributed by atoms with E-state index >= 15 is 0 Å². The second kappa shape index (κ2) is 10.9. The molecule has 164 valence electrons. The number of nitro groups is 1. The summed E-state index contributed by atoms with van der Waals surface area (Å²) in [6.07, 6.45) is 0. The molecule has 0 unspecified atom stereocenters. The Kier molecular flexibility index (Phi) is 7.77. The van der Waals surface area contributed by atoms with E-state index in [0.29, 0.717) is 43.4 Å². The molecule has 0 aromatic heterocycles. The summed E-state index contributed by atoms with van der Waals surface area (Å²) in [5.41, 5.74) is 0.509. The molecular formula is C21H22N2O8. The molecule has 1 aliphatic heterocycles. The smallest absolute Gasteiger partial charge is 0.344 e. The van der Waals surface area contributed by atoms with Gasteiger partial charge in [-0.3, -0.25) is 14.9 Å². The minimum atomic E-state index is -0.569. The average Bonchev–Trinajstić information content (AvgIpc) is 2.81. The van der Waals surface area contributed by atoms with E-state index in [2.05, 4.69) is 0 Å². The molecule has 0 aliphatic carbocycles. The van der Waals surface area contributed by atoms with Gasteiger partial charge in [0.1, 0.15) is 24.7 Å². The van der Waals surface area contributed by atoms with Gasteiger partial charge < -0.3 is 23.8 Å². The van der Waals surface area contributed by atoms with Crippen molar-refractivity contribution in [1.82, 2.24) is 4.90 Å². The molecule has 0 bridgehead atoms. The fraction of sp³-hybridized carbons (Fsp3) is 0.333. The first-order chi connectivity index (χ1) is 15.0. The molecule has 10 nitrogen and oxygen atoms in total. The van der Waals surface area contributed by atoms with Crippen molar-refractivity contribution >= 4 is 17.6 Å². The monoisotopic (exact) mass is 430 g/mol. The molecule has 1 saturated heterocycles. The second-order valence-electron chi connectivity index (χ2n) is 6.54. The van der Waals surface area contributed by atoms with E-state index in [4.69, 9.17) is 18.9 Å². The van der Waals surface area contributed by atoms with E-state index in [1.54, 1.807) is 29.2 Å². The maximum absolute atomic E-state index is 12.4. The van der Waals surface area contributed by atoms with E-state index in [1.165, 1.54) is 24.3 Å². The minimum absolute atomic E-state index is 0.00612. The van der Waals surface area contributed by atoms with Crippen LogP contribution in [0.25, 0.3) is 0 Å². The first kappa shape index (κ1) is 22.0. The largest absolute Gasteiger partial charge is 0.490 e. The van der Waals surface area contributed by atoms with Crippen LogP contribution in [0.2, 0.25) is 0 Å². The number of non-ortho nitro benzene ring substituents is 1. The zero-order valence-corrected chi connectivity index (χ0v) is 16.7. The summed E-state index contributed by atoms with van der Waals surface area (Å²) in [5, 5.41) is 10.6. The number of amides is 1. The standard InChI is InChI=1S/C21H22N2O8/c24-20(30-14-13-29-18-7-3-17(4-8-18)23(26)27)15-31-19-5-1-16(2-6-19)21(25)22-9-11-28-12-10-22/h1-8H,9-15H2. The molecule has 1 aliphatic rings. The fourth-order valence-electron chi connectivity index (χ4n) is 2.81. The lowest BCUT2D eigenvalue weighted by atomic mass is 10.2. The van der Waals surface area contributed by atoms with Crippen LogP contribution >= 0.6 is 0 Å². The van der Waals surface area contributed by atoms with Gasteiger partial charge in [0.2, 0.25) is 0 Å². The number of nitrogens with zero attached hydrogens (tertiary/aromatic N) is 2. The number of nitro benzene ring substituents is 1. The van der Waals surface area contributed by atoms with Gasteiger partial charge >= 0.3 is 5.97 Å². The molecule has 10 heteroatoms. The van der Waals surface area contributed by atoms with Crippen molar-refractivity contribution in [1.29, 1.82) is 0 Å². The summed E-state index contributed by atoms with van der Waals surface area (Å²) in [6.45, 7) is 2.03. The van der Waals surface area contributed by atoms with Crippen LogP contribution in [-0.4, -0.2) is 67.8 Å². The highest BCUT2D eigenvalue weighted by Gasteiger charge is 2.18. The highest BCUT2D eigenvalue weighted by atomic mass is 16.6. The Labute approximate surface area is 178 Å². The maximum Gasteiger partial charge on any atom is 0.344 e. The lowest BCUT2D eigenvalue weighted by Gasteiger charge is -2.26. The molecule has 1 fully saturated rings. The Balaban J connectivity index is 1.34. The Morgan fingerprint density at radius 2 is 1.55 bits per heavy atom. The van der Waals surface area contributed by atoms with Crippen molar-refractivity contribution < 1.29 is 33.5 Å². The molecule has 3 rings (SSSR count). The molecule has 0 saturated carbocycles. The van der Waals surface area contributed by atoms with Crippen molar-refractivity contribution in [2.45, 2.75) is 0 Å². The third-order valence-electron chi connectivity index (χ3n) is 4.42. The lowest BCUT2D eigenvalue weighted by molar-refractivity contribution is -0.384. The number of hydrogen-bond acceptors (Lipinski definition) is 8. The van der Waals surface area contributed by atoms with Crippen LogP contribution in [0.4, 0.5) is 5.69 Å². The zero-order valence-electron chi connectivity index (χ0n) is 16.7. The number of carbonyl (C=O) groups is 2. The van der Waals surface area contributed by atoms with E-state index < -0.39 is 10.9 Å². The molecule has 0 radical (unpaired) electrons. The third kappa shape index (κ3) is 6.68. The summed E-state index contributed by atoms with van der Waals surface area (Å²) < 4.78 is 21.0. The number of benzene rings is 2. The predicted octanol–water partition coefficient (Wildman–Crippen LogP) is 2.07. The van der Waals surface area contributed by atoms with Gasteiger partial charge in [0, 0.05) is 30.8 Å². The zero-order chi connectivity index (χ0) is 22.1. The molecule has 0 N–H and O–H groups in total. The minimum Gasteiger partial charge on any atom is -0.490 e. The summed E-state index contributed by atoms with van der Waals surface area (Å²) >= 11 is 0. The number of esters is 1. The number of morpholine rings is 1. The topological polar surface area (TPSA) is 117 Å². The van der Waals surface area contributed by atoms with Crippen LogP contribution in [0.3, 0.4) is 0 Å². The van der Waals surface area contributed by atoms with E-state index in [9.17, 15) is 19.7 Å². The third-order valence-corrected chi connectivity index (χ3v) is 4.42. The molecule has 31 heavy (non-hydrogen) atoms. The first-order valence-corrected chi connectivity index (χ1v) is 9.66. The van der Waals surface area contributed by atoms with Crippen LogP contribution in [0.15, 0.2) is 48.5 Å². The van der Waals surface area contributed by atoms with Crippen molar-refractivity contribution in [2.24, 2.45) is 0 Å². The number of rotatable bonds is 9. The summed E-state index contributed by atoms with van der Waals surface area (Å²) in [6, 6.07) is 12.1. The van der Waals surface area contributed by atoms with E-state index in [-0.39, 0.29) is 31.4 Å². The number of ether oxygens (including phenoxy) is 4. The molecular weight excluding hydrogens is 408 g/mol. The van der Waals surface area contributed by atoms with Gasteiger partial charge in [0.05, 0.1) is 18.1 Å². The van der Waals surface area contributed by atoms with E-state index in [0.717, 1.165) is 0 Å². The quantitative estimate of drug-likeness (QED) is 0.257. The van der Waals surface area contributed by atoms with Crippen molar-refractivity contribution in [3.63, 3.8) is 0 Å². The summed E-state index contributed by atoms with van der Waals surface area (Å²) in [4.78, 5) is 36.0. The first-order valence-electron chi connectivity index (χ1n) is 9.66. The molecule has 2 aromatic carbocycles. The Hall–Kier alpha value is -3.66. The average molecular weight is 430 g/mol. The van der Waals surface area contributed by atoms with Crippen molar-refractivity contribution in [3.05, 3.63) is 64.2 Å². The van der Waals surface area contributed by atoms with E-state index in [1.807, 2.05) is 0 Å². The van der Waals surface area contributed by atoms with Gasteiger partial charge in [-0.25, -0.2) is 4.79 Å². The van der Waals surface area contributed by atoms with Crippen LogP contribution in [0.1, 0.15) is 10.4 Å². The summed E-state index contributed by atoms with van der Waals surface area (Å²) in [5.74, 6) is 0.241. The van der Waals surface area contributed by atoms with Crippen molar-refractivity contribution in [3.8, 4) is 11.5 Å². The fourth-order valence-corrected chi connectivity index (χ4v) is 2.81. The van der Waals surface area contributed by atoms with Gasteiger partial charge in [-0.05, 0) is 36.4 Å². The molecule has 1 amide bonds. The van der Waals surface area contributed by atoms with Gasteiger partial charge in [0.25, 0.3) is 11.6 Å². The normalized spacial score (nSPS) is 13.4. The highest BCUT2D eigenvalue weighted by Crippen LogP contribution is 2.17. The second-order valence-corrected chi connectivity index (χ2v) is 6.54. The Morgan fingerprint density at radius 1 is 0.935 bits per heavy atom. The van der Waals surface area contributed by atoms with Crippen LogP contribution in [-0.2, 0) is 14.3 Å². The predicted molar refractivity (Wildman–Crippen MR) is 108 cm³/mol. The Bertz CT molecular complexity index is 893. The molecule has 0 atom stereocenters. The molecule has 0 spiro atoms. The highest BCUT2D eigenvalue weighted by molar-refractivity contribution is 5.94. The van der Waals surface area contributed by atoms with Crippen LogP contribution < -0.4 is 9.47 Å². The van der Waals surface area contributed by atoms with Crippen LogP contribution in [0, 0.1) is 10.1 Å². The van der Waals surface area contributed by atoms with Crippen molar-refractivity contribution in [2.75, 3.05) is 46.1 Å². The Morgan fingerprint density at radius 3 is 2.19 bits per heavy atom. The number of carbonyl (C=O) groups excluding carboxylic acids is 2. The maximum atomic E-state index is 12.4. The number of hydrogen-bond donors (Lipinski definition) is 0. The SMILES string of the molecule is O=C(COc1ccc(C(=O)N2CCOCC2)cc1)OCCOc1ccc([N+](=O)[O-])cc1.